The molecule has 1 aliphatic carbocycles. The van der Waals surface area contributed by atoms with Crippen molar-refractivity contribution in [1.29, 1.82) is 0 Å². The highest BCUT2D eigenvalue weighted by Gasteiger charge is 2.36. The Morgan fingerprint density at radius 3 is 2.22 bits per heavy atom. The Morgan fingerprint density at radius 2 is 1.61 bits per heavy atom. The third-order valence-corrected chi connectivity index (χ3v) is 3.70. The van der Waals surface area contributed by atoms with E-state index < -0.39 is 11.6 Å². The predicted molar refractivity (Wildman–Crippen MR) is 88.7 cm³/mol. The molecule has 0 bridgehead atoms. The zero-order valence-corrected chi connectivity index (χ0v) is 12.4. The number of hydrazine groups is 1. The molecule has 0 aromatic heterocycles. The number of benzene rings is 2. The maximum absolute atomic E-state index is 11.3. The van der Waals surface area contributed by atoms with E-state index in [4.69, 9.17) is 5.73 Å². The van der Waals surface area contributed by atoms with Crippen LogP contribution in [0.25, 0.3) is 5.57 Å². The molecule has 0 aliphatic heterocycles. The van der Waals surface area contributed by atoms with Gasteiger partial charge < -0.3 is 10.8 Å². The zero-order valence-electron chi connectivity index (χ0n) is 12.4. The van der Waals surface area contributed by atoms with Gasteiger partial charge in [-0.15, -0.1) is 0 Å². The van der Waals surface area contributed by atoms with E-state index in [9.17, 15) is 9.90 Å². The number of nitrogens with one attached hydrogen (secondary N) is 2. The van der Waals surface area contributed by atoms with Crippen LogP contribution >= 0.6 is 0 Å². The SMILES string of the molecule is NC(=O)NNC1=CC(O)(c2ccccc2)C(c2ccccc2)=C1. The summed E-state index contributed by atoms with van der Waals surface area (Å²) in [6, 6.07) is 18.3. The number of nitrogens with two attached hydrogens (primary N) is 1. The number of urea groups is 1. The molecule has 2 aromatic carbocycles. The number of rotatable bonds is 4. The van der Waals surface area contributed by atoms with E-state index >= 15 is 0 Å². The van der Waals surface area contributed by atoms with Gasteiger partial charge in [0.15, 0.2) is 0 Å². The summed E-state index contributed by atoms with van der Waals surface area (Å²) >= 11 is 0. The number of carbonyl (C=O) groups excluding carboxylic acids is 1. The normalized spacial score (nSPS) is 19.7. The third-order valence-electron chi connectivity index (χ3n) is 3.70. The lowest BCUT2D eigenvalue weighted by Crippen LogP contribution is -2.40. The number of primary amides is 1. The van der Waals surface area contributed by atoms with Gasteiger partial charge in [0.05, 0.1) is 5.70 Å². The molecule has 0 fully saturated rings. The van der Waals surface area contributed by atoms with Gasteiger partial charge in [-0.25, -0.2) is 4.79 Å². The molecule has 5 heteroatoms. The standard InChI is InChI=1S/C18H17N3O2/c19-17(22)21-20-15-11-16(13-7-3-1-4-8-13)18(23,12-15)14-9-5-2-6-10-14/h1-12,20,23H,(H3,19,21,22). The maximum Gasteiger partial charge on any atom is 0.330 e. The van der Waals surface area contributed by atoms with Crippen molar-refractivity contribution < 1.29 is 9.90 Å². The van der Waals surface area contributed by atoms with Crippen LogP contribution in [0.5, 0.6) is 0 Å². The van der Waals surface area contributed by atoms with Gasteiger partial charge in [-0.1, -0.05) is 60.7 Å². The average molecular weight is 307 g/mol. The minimum Gasteiger partial charge on any atom is -0.377 e. The van der Waals surface area contributed by atoms with E-state index in [1.807, 2.05) is 60.7 Å². The molecular formula is C18H17N3O2. The molecule has 0 spiro atoms. The van der Waals surface area contributed by atoms with Gasteiger partial charge in [-0.3, -0.25) is 10.9 Å². The summed E-state index contributed by atoms with van der Waals surface area (Å²) in [5.74, 6) is 0. The van der Waals surface area contributed by atoms with Crippen LogP contribution in [0.15, 0.2) is 78.5 Å². The maximum atomic E-state index is 11.3. The molecular weight excluding hydrogens is 290 g/mol. The first-order valence-corrected chi connectivity index (χ1v) is 7.19. The first-order valence-electron chi connectivity index (χ1n) is 7.19. The van der Waals surface area contributed by atoms with Crippen LogP contribution in [-0.4, -0.2) is 11.1 Å². The van der Waals surface area contributed by atoms with E-state index in [1.54, 1.807) is 12.2 Å². The Balaban J connectivity index is 2.04. The fourth-order valence-corrected chi connectivity index (χ4v) is 2.67. The summed E-state index contributed by atoms with van der Waals surface area (Å²) in [4.78, 5) is 10.9. The summed E-state index contributed by atoms with van der Waals surface area (Å²) in [7, 11) is 0. The smallest absolute Gasteiger partial charge is 0.330 e. The highest BCUT2D eigenvalue weighted by Crippen LogP contribution is 2.42. The van der Waals surface area contributed by atoms with Crippen LogP contribution < -0.4 is 16.6 Å². The van der Waals surface area contributed by atoms with Crippen molar-refractivity contribution in [3.05, 3.63) is 89.6 Å². The van der Waals surface area contributed by atoms with Crippen molar-refractivity contribution in [2.24, 2.45) is 5.73 Å². The largest absolute Gasteiger partial charge is 0.377 e. The topological polar surface area (TPSA) is 87.4 Å². The quantitative estimate of drug-likeness (QED) is 0.652. The monoisotopic (exact) mass is 307 g/mol. The summed E-state index contributed by atoms with van der Waals surface area (Å²) in [6.07, 6.45) is 3.44. The van der Waals surface area contributed by atoms with E-state index in [2.05, 4.69) is 10.9 Å². The summed E-state index contributed by atoms with van der Waals surface area (Å²) in [5.41, 5.74) is 11.7. The summed E-state index contributed by atoms with van der Waals surface area (Å²) in [5, 5.41) is 11.3. The van der Waals surface area contributed by atoms with Gasteiger partial charge in [0, 0.05) is 5.57 Å². The Kier molecular flexibility index (Phi) is 3.87. The molecule has 1 unspecified atom stereocenters. The number of hydrogen-bond donors (Lipinski definition) is 4. The van der Waals surface area contributed by atoms with Crippen LogP contribution in [0.4, 0.5) is 4.79 Å². The van der Waals surface area contributed by atoms with E-state index in [-0.39, 0.29) is 0 Å². The van der Waals surface area contributed by atoms with Crippen LogP contribution in [0.2, 0.25) is 0 Å². The highest BCUT2D eigenvalue weighted by molar-refractivity contribution is 5.81. The molecule has 2 amide bonds. The minimum absolute atomic E-state index is 0.564. The average Bonchev–Trinajstić information content (AvgIpc) is 2.93. The van der Waals surface area contributed by atoms with Gasteiger partial charge in [0.2, 0.25) is 0 Å². The van der Waals surface area contributed by atoms with E-state index in [0.29, 0.717) is 5.70 Å². The Labute approximate surface area is 134 Å². The second-order valence-corrected chi connectivity index (χ2v) is 5.27. The summed E-state index contributed by atoms with van der Waals surface area (Å²) < 4.78 is 0. The third kappa shape index (κ3) is 2.95. The molecule has 0 radical (unpaired) electrons. The predicted octanol–water partition coefficient (Wildman–Crippen LogP) is 2.03. The van der Waals surface area contributed by atoms with Crippen molar-refractivity contribution in [1.82, 2.24) is 10.9 Å². The Bertz CT molecular complexity index is 769. The van der Waals surface area contributed by atoms with Crippen molar-refractivity contribution in [3.63, 3.8) is 0 Å². The number of hydrogen-bond acceptors (Lipinski definition) is 3. The number of carbonyl (C=O) groups is 1. The molecule has 23 heavy (non-hydrogen) atoms. The number of aliphatic hydroxyl groups is 1. The molecule has 116 valence electrons. The van der Waals surface area contributed by atoms with E-state index in [1.165, 1.54) is 0 Å². The molecule has 5 N–H and O–H groups in total. The molecule has 5 nitrogen and oxygen atoms in total. The van der Waals surface area contributed by atoms with Crippen LogP contribution in [0.3, 0.4) is 0 Å². The van der Waals surface area contributed by atoms with Crippen molar-refractivity contribution in [2.45, 2.75) is 5.60 Å². The number of allylic oxidation sites excluding steroid dienone is 1. The van der Waals surface area contributed by atoms with Gasteiger partial charge in [-0.05, 0) is 23.3 Å². The van der Waals surface area contributed by atoms with Gasteiger partial charge >= 0.3 is 6.03 Å². The molecule has 0 saturated carbocycles. The zero-order chi connectivity index (χ0) is 16.3. The van der Waals surface area contributed by atoms with Gasteiger partial charge in [0.1, 0.15) is 5.60 Å². The minimum atomic E-state index is -1.29. The van der Waals surface area contributed by atoms with Crippen molar-refractivity contribution in [3.8, 4) is 0 Å². The second-order valence-electron chi connectivity index (χ2n) is 5.27. The van der Waals surface area contributed by atoms with Crippen LogP contribution in [0, 0.1) is 0 Å². The highest BCUT2D eigenvalue weighted by atomic mass is 16.3. The first-order chi connectivity index (χ1) is 11.1. The molecule has 0 heterocycles. The molecule has 1 atom stereocenters. The Morgan fingerprint density at radius 1 is 1.00 bits per heavy atom. The molecule has 0 saturated heterocycles. The summed E-state index contributed by atoms with van der Waals surface area (Å²) in [6.45, 7) is 0. The van der Waals surface area contributed by atoms with Gasteiger partial charge in [0.25, 0.3) is 0 Å². The molecule has 3 rings (SSSR count). The lowest BCUT2D eigenvalue weighted by atomic mass is 9.85. The number of amides is 2. The van der Waals surface area contributed by atoms with Crippen molar-refractivity contribution >= 4 is 11.6 Å². The Hall–Kier alpha value is -3.05. The van der Waals surface area contributed by atoms with Crippen LogP contribution in [-0.2, 0) is 5.60 Å². The van der Waals surface area contributed by atoms with Crippen LogP contribution in [0.1, 0.15) is 11.1 Å². The van der Waals surface area contributed by atoms with E-state index in [0.717, 1.165) is 16.7 Å². The molecule has 1 aliphatic rings. The lowest BCUT2D eigenvalue weighted by molar-refractivity contribution is 0.156. The van der Waals surface area contributed by atoms with Gasteiger partial charge in [-0.2, -0.15) is 0 Å². The van der Waals surface area contributed by atoms with Crippen molar-refractivity contribution in [2.75, 3.05) is 0 Å². The fraction of sp³-hybridized carbons (Fsp3) is 0.0556. The fourth-order valence-electron chi connectivity index (χ4n) is 2.67. The second kappa shape index (κ2) is 5.98. The first kappa shape index (κ1) is 14.9. The molecule has 2 aromatic rings. The lowest BCUT2D eigenvalue weighted by Gasteiger charge is -2.25.